The Morgan fingerprint density at radius 1 is 1.20 bits per heavy atom. The lowest BCUT2D eigenvalue weighted by Crippen LogP contribution is -1.94. The minimum absolute atomic E-state index is 0.308. The molecule has 2 aromatic rings. The summed E-state index contributed by atoms with van der Waals surface area (Å²) in [4.78, 5) is 0. The Hall–Kier alpha value is -1.48. The first-order chi connectivity index (χ1) is 7.18. The van der Waals surface area contributed by atoms with Crippen LogP contribution in [0.3, 0.4) is 0 Å². The fraction of sp³-hybridized carbons (Fsp3) is 0.0909. The van der Waals surface area contributed by atoms with E-state index in [2.05, 4.69) is 10.2 Å². The van der Waals surface area contributed by atoms with E-state index in [0.717, 1.165) is 5.56 Å². The number of nitrogens with zero attached hydrogens (tertiary/aromatic N) is 2. The van der Waals surface area contributed by atoms with Crippen molar-refractivity contribution in [1.82, 2.24) is 10.2 Å². The normalized spacial score (nSPS) is 10.3. The molecule has 0 aliphatic carbocycles. The van der Waals surface area contributed by atoms with Crippen molar-refractivity contribution in [1.29, 1.82) is 0 Å². The van der Waals surface area contributed by atoms with Crippen molar-refractivity contribution in [3.63, 3.8) is 0 Å². The van der Waals surface area contributed by atoms with Crippen LogP contribution in [0.25, 0.3) is 11.3 Å². The maximum Gasteiger partial charge on any atom is 0.152 e. The molecule has 15 heavy (non-hydrogen) atoms. The van der Waals surface area contributed by atoms with Crippen molar-refractivity contribution in [3.8, 4) is 11.3 Å². The number of benzene rings is 1. The first kappa shape index (κ1) is 10.1. The second-order valence-electron chi connectivity index (χ2n) is 3.18. The van der Waals surface area contributed by atoms with E-state index < -0.39 is 0 Å². The highest BCUT2D eigenvalue weighted by Gasteiger charge is 2.09. The van der Waals surface area contributed by atoms with Gasteiger partial charge in [-0.05, 0) is 30.7 Å². The summed E-state index contributed by atoms with van der Waals surface area (Å²) in [6.45, 7) is 1.82. The molecule has 0 fully saturated rings. The number of halogens is 2. The van der Waals surface area contributed by atoms with E-state index in [0.29, 0.717) is 16.4 Å². The average molecular weight is 223 g/mol. The molecule has 0 saturated heterocycles. The zero-order valence-electron chi connectivity index (χ0n) is 8.04. The van der Waals surface area contributed by atoms with Gasteiger partial charge in [0.25, 0.3) is 0 Å². The molecule has 1 aromatic carbocycles. The van der Waals surface area contributed by atoms with Crippen LogP contribution in [-0.4, -0.2) is 10.2 Å². The Bertz CT molecular complexity index is 500. The molecule has 2 rings (SSSR count). The molecule has 0 unspecified atom stereocenters. The van der Waals surface area contributed by atoms with Gasteiger partial charge in [-0.25, -0.2) is 4.39 Å². The molecular formula is C11H8ClFN2. The molecule has 0 atom stereocenters. The number of hydrogen-bond donors (Lipinski definition) is 0. The van der Waals surface area contributed by atoms with E-state index in [9.17, 15) is 4.39 Å². The van der Waals surface area contributed by atoms with Crippen molar-refractivity contribution in [3.05, 3.63) is 46.9 Å². The fourth-order valence-corrected chi connectivity index (χ4v) is 1.57. The van der Waals surface area contributed by atoms with Gasteiger partial charge in [-0.2, -0.15) is 0 Å². The Morgan fingerprint density at radius 3 is 2.60 bits per heavy atom. The Kier molecular flexibility index (Phi) is 2.64. The van der Waals surface area contributed by atoms with Crippen LogP contribution in [0.2, 0.25) is 5.15 Å². The zero-order chi connectivity index (χ0) is 10.8. The predicted molar refractivity (Wildman–Crippen MR) is 57.2 cm³/mol. The van der Waals surface area contributed by atoms with Crippen molar-refractivity contribution < 1.29 is 4.39 Å². The van der Waals surface area contributed by atoms with Crippen LogP contribution < -0.4 is 0 Å². The van der Waals surface area contributed by atoms with Crippen molar-refractivity contribution in [2.24, 2.45) is 0 Å². The molecule has 0 aliphatic heterocycles. The zero-order valence-corrected chi connectivity index (χ0v) is 8.79. The van der Waals surface area contributed by atoms with Crippen LogP contribution in [0.1, 0.15) is 5.56 Å². The quantitative estimate of drug-likeness (QED) is 0.740. The summed E-state index contributed by atoms with van der Waals surface area (Å²) in [5.41, 5.74) is 1.77. The van der Waals surface area contributed by atoms with Crippen LogP contribution in [0.15, 0.2) is 30.3 Å². The summed E-state index contributed by atoms with van der Waals surface area (Å²) in [6.07, 6.45) is 0. The molecule has 0 amide bonds. The maximum atomic E-state index is 13.5. The highest BCUT2D eigenvalue weighted by atomic mass is 35.5. The predicted octanol–water partition coefficient (Wildman–Crippen LogP) is 3.24. The van der Waals surface area contributed by atoms with E-state index in [1.54, 1.807) is 24.3 Å². The summed E-state index contributed by atoms with van der Waals surface area (Å²) in [6, 6.07) is 8.12. The van der Waals surface area contributed by atoms with Gasteiger partial charge in [0.05, 0.1) is 5.69 Å². The van der Waals surface area contributed by atoms with Gasteiger partial charge in [0, 0.05) is 5.56 Å². The van der Waals surface area contributed by atoms with Gasteiger partial charge in [0.15, 0.2) is 5.15 Å². The van der Waals surface area contributed by atoms with Crippen LogP contribution >= 0.6 is 11.6 Å². The monoisotopic (exact) mass is 222 g/mol. The van der Waals surface area contributed by atoms with Crippen molar-refractivity contribution >= 4 is 11.6 Å². The molecule has 2 nitrogen and oxygen atoms in total. The Morgan fingerprint density at radius 2 is 1.93 bits per heavy atom. The summed E-state index contributed by atoms with van der Waals surface area (Å²) in [5.74, 6) is -0.308. The maximum absolute atomic E-state index is 13.5. The summed E-state index contributed by atoms with van der Waals surface area (Å²) >= 11 is 5.68. The van der Waals surface area contributed by atoms with Gasteiger partial charge in [-0.1, -0.05) is 23.7 Å². The van der Waals surface area contributed by atoms with Crippen LogP contribution in [0, 0.1) is 12.7 Å². The molecule has 0 bridgehead atoms. The Labute approximate surface area is 91.7 Å². The van der Waals surface area contributed by atoms with Gasteiger partial charge in [-0.3, -0.25) is 0 Å². The molecule has 76 valence electrons. The fourth-order valence-electron chi connectivity index (χ4n) is 1.37. The first-order valence-corrected chi connectivity index (χ1v) is 4.81. The standard InChI is InChI=1S/C11H8ClFN2/c1-7-6-10(12)14-15-11(7)8-4-2-3-5-9(8)13/h2-6H,1H3. The highest BCUT2D eigenvalue weighted by Crippen LogP contribution is 2.24. The van der Waals surface area contributed by atoms with E-state index in [-0.39, 0.29) is 5.82 Å². The number of hydrogen-bond acceptors (Lipinski definition) is 2. The third kappa shape index (κ3) is 1.97. The van der Waals surface area contributed by atoms with Gasteiger partial charge in [-0.15, -0.1) is 10.2 Å². The molecule has 0 spiro atoms. The molecule has 0 radical (unpaired) electrons. The summed E-state index contributed by atoms with van der Waals surface area (Å²) in [7, 11) is 0. The third-order valence-electron chi connectivity index (χ3n) is 2.08. The highest BCUT2D eigenvalue weighted by molar-refractivity contribution is 6.29. The van der Waals surface area contributed by atoms with Gasteiger partial charge < -0.3 is 0 Å². The molecule has 0 aliphatic rings. The number of aromatic nitrogens is 2. The van der Waals surface area contributed by atoms with Crippen molar-refractivity contribution in [2.75, 3.05) is 0 Å². The first-order valence-electron chi connectivity index (χ1n) is 4.43. The molecule has 1 heterocycles. The minimum Gasteiger partial charge on any atom is -0.206 e. The molecule has 4 heteroatoms. The van der Waals surface area contributed by atoms with E-state index >= 15 is 0 Å². The van der Waals surface area contributed by atoms with Gasteiger partial charge in [0.1, 0.15) is 5.82 Å². The van der Waals surface area contributed by atoms with E-state index in [1.165, 1.54) is 6.07 Å². The van der Waals surface area contributed by atoms with Gasteiger partial charge in [0.2, 0.25) is 0 Å². The van der Waals surface area contributed by atoms with E-state index in [1.807, 2.05) is 6.92 Å². The van der Waals surface area contributed by atoms with E-state index in [4.69, 9.17) is 11.6 Å². The molecule has 1 aromatic heterocycles. The second-order valence-corrected chi connectivity index (χ2v) is 3.57. The SMILES string of the molecule is Cc1cc(Cl)nnc1-c1ccccc1F. The summed E-state index contributed by atoms with van der Waals surface area (Å²) in [5, 5.41) is 7.91. The smallest absolute Gasteiger partial charge is 0.152 e. The van der Waals surface area contributed by atoms with Crippen LogP contribution in [0.5, 0.6) is 0 Å². The summed E-state index contributed by atoms with van der Waals surface area (Å²) < 4.78 is 13.5. The largest absolute Gasteiger partial charge is 0.206 e. The lowest BCUT2D eigenvalue weighted by atomic mass is 10.1. The Balaban J connectivity index is 2.60. The third-order valence-corrected chi connectivity index (χ3v) is 2.27. The van der Waals surface area contributed by atoms with Gasteiger partial charge >= 0.3 is 0 Å². The average Bonchev–Trinajstić information content (AvgIpc) is 2.20. The lowest BCUT2D eigenvalue weighted by molar-refractivity contribution is 0.630. The minimum atomic E-state index is -0.308. The molecule has 0 saturated carbocycles. The van der Waals surface area contributed by atoms with Crippen LogP contribution in [0.4, 0.5) is 4.39 Å². The molecular weight excluding hydrogens is 215 g/mol. The van der Waals surface area contributed by atoms with Crippen molar-refractivity contribution in [2.45, 2.75) is 6.92 Å². The molecule has 0 N–H and O–H groups in total. The number of rotatable bonds is 1. The second kappa shape index (κ2) is 3.95. The number of aryl methyl sites for hydroxylation is 1. The lowest BCUT2D eigenvalue weighted by Gasteiger charge is -2.04. The van der Waals surface area contributed by atoms with Crippen LogP contribution in [-0.2, 0) is 0 Å². The topological polar surface area (TPSA) is 25.8 Å².